The monoisotopic (exact) mass is 479 g/mol. The first kappa shape index (κ1) is 22.5. The van der Waals surface area contributed by atoms with E-state index in [0.717, 1.165) is 11.0 Å². The van der Waals surface area contributed by atoms with Crippen molar-refractivity contribution in [1.82, 2.24) is 5.32 Å². The number of amides is 4. The number of fused-ring (bicyclic) bond motifs is 4. The number of hydrogen-bond donors (Lipinski definition) is 3. The van der Waals surface area contributed by atoms with E-state index in [1.165, 1.54) is 19.2 Å². The lowest BCUT2D eigenvalue weighted by Gasteiger charge is -2.29. The number of carbonyl (C=O) groups is 4. The molecular formula is C23H21N5O7. The van der Waals surface area contributed by atoms with Crippen molar-refractivity contribution in [1.29, 1.82) is 0 Å². The third kappa shape index (κ3) is 3.10. The van der Waals surface area contributed by atoms with Crippen LogP contribution < -0.4 is 26.0 Å². The lowest BCUT2D eigenvalue weighted by atomic mass is 9.76. The van der Waals surface area contributed by atoms with Crippen LogP contribution in [0.5, 0.6) is 5.75 Å². The highest BCUT2D eigenvalue weighted by molar-refractivity contribution is 6.26. The van der Waals surface area contributed by atoms with Crippen molar-refractivity contribution in [2.24, 2.45) is 17.6 Å². The highest BCUT2D eigenvalue weighted by atomic mass is 16.6. The van der Waals surface area contributed by atoms with Crippen LogP contribution in [0.1, 0.15) is 18.4 Å². The Morgan fingerprint density at radius 1 is 1.20 bits per heavy atom. The number of carbonyl (C=O) groups excluding carboxylic acids is 4. The zero-order valence-corrected chi connectivity index (χ0v) is 18.5. The van der Waals surface area contributed by atoms with E-state index in [-0.39, 0.29) is 30.0 Å². The second-order valence-corrected chi connectivity index (χ2v) is 8.69. The summed E-state index contributed by atoms with van der Waals surface area (Å²) in [4.78, 5) is 64.2. The molecule has 2 fully saturated rings. The Balaban J connectivity index is 1.67. The molecule has 2 aromatic rings. The minimum atomic E-state index is -1.56. The Kier molecular flexibility index (Phi) is 5.06. The number of nitrogens with zero attached hydrogens (tertiary/aromatic N) is 2. The van der Waals surface area contributed by atoms with Gasteiger partial charge in [0.1, 0.15) is 17.0 Å². The molecule has 4 atom stereocenters. The molecule has 0 aromatic heterocycles. The van der Waals surface area contributed by atoms with Crippen LogP contribution in [0.25, 0.3) is 0 Å². The van der Waals surface area contributed by atoms with Crippen LogP contribution in [0.4, 0.5) is 17.1 Å². The van der Waals surface area contributed by atoms with E-state index in [0.29, 0.717) is 11.3 Å². The quantitative estimate of drug-likeness (QED) is 0.310. The van der Waals surface area contributed by atoms with Gasteiger partial charge in [-0.25, -0.2) is 4.90 Å². The zero-order valence-electron chi connectivity index (χ0n) is 18.5. The molecule has 3 aliphatic heterocycles. The number of nitro groups is 1. The van der Waals surface area contributed by atoms with Crippen LogP contribution in [0.3, 0.4) is 0 Å². The SMILES string of the molecule is COc1ccc([N+](=O)[O-])cc1N1C(=O)[C@@H]2[C@H](CCC(N)=O)N[C@]3(C(=O)Nc4ccccc43)[C@H]2C1=O. The van der Waals surface area contributed by atoms with Crippen LogP contribution in [-0.4, -0.2) is 41.7 Å². The number of benzene rings is 2. The van der Waals surface area contributed by atoms with E-state index in [1.807, 2.05) is 0 Å². The first-order valence-corrected chi connectivity index (χ1v) is 10.9. The second kappa shape index (κ2) is 7.87. The van der Waals surface area contributed by atoms with Gasteiger partial charge in [-0.15, -0.1) is 0 Å². The smallest absolute Gasteiger partial charge is 0.271 e. The number of methoxy groups -OCH3 is 1. The van der Waals surface area contributed by atoms with Crippen LogP contribution in [0.2, 0.25) is 0 Å². The fourth-order valence-corrected chi connectivity index (χ4v) is 5.51. The molecule has 5 rings (SSSR count). The summed E-state index contributed by atoms with van der Waals surface area (Å²) in [6, 6.07) is 9.71. The normalized spacial score (nSPS) is 26.6. The number of nitrogens with two attached hydrogens (primary N) is 1. The first-order chi connectivity index (χ1) is 16.7. The van der Waals surface area contributed by atoms with Gasteiger partial charge < -0.3 is 15.8 Å². The summed E-state index contributed by atoms with van der Waals surface area (Å²) in [6.45, 7) is 0. The zero-order chi connectivity index (χ0) is 25.1. The van der Waals surface area contributed by atoms with Gasteiger partial charge in [-0.05, 0) is 18.6 Å². The summed E-state index contributed by atoms with van der Waals surface area (Å²) in [6.07, 6.45) is 0.0501. The van der Waals surface area contributed by atoms with Gasteiger partial charge >= 0.3 is 0 Å². The second-order valence-electron chi connectivity index (χ2n) is 8.69. The molecule has 4 amide bonds. The maximum Gasteiger partial charge on any atom is 0.271 e. The third-order valence-corrected chi connectivity index (χ3v) is 6.94. The summed E-state index contributed by atoms with van der Waals surface area (Å²) in [5, 5.41) is 17.4. The summed E-state index contributed by atoms with van der Waals surface area (Å²) < 4.78 is 5.29. The average molecular weight is 479 g/mol. The third-order valence-electron chi connectivity index (χ3n) is 6.94. The maximum atomic E-state index is 13.9. The van der Waals surface area contributed by atoms with Crippen molar-refractivity contribution < 1.29 is 28.8 Å². The molecule has 0 radical (unpaired) electrons. The summed E-state index contributed by atoms with van der Waals surface area (Å²) in [5.41, 5.74) is 4.38. The number of nitrogens with one attached hydrogen (secondary N) is 2. The molecule has 3 heterocycles. The topological polar surface area (TPSA) is 174 Å². The fourth-order valence-electron chi connectivity index (χ4n) is 5.51. The number of nitro benzene ring substituents is 1. The minimum Gasteiger partial charge on any atom is -0.495 e. The summed E-state index contributed by atoms with van der Waals surface area (Å²) >= 11 is 0. The summed E-state index contributed by atoms with van der Waals surface area (Å²) in [7, 11) is 1.32. The molecular weight excluding hydrogens is 458 g/mol. The van der Waals surface area contributed by atoms with E-state index in [4.69, 9.17) is 10.5 Å². The lowest BCUT2D eigenvalue weighted by molar-refractivity contribution is -0.384. The van der Waals surface area contributed by atoms with Gasteiger partial charge in [0.15, 0.2) is 0 Å². The molecule has 180 valence electrons. The molecule has 0 aliphatic carbocycles. The van der Waals surface area contributed by atoms with Gasteiger partial charge in [0.2, 0.25) is 23.6 Å². The van der Waals surface area contributed by atoms with Crippen LogP contribution in [0.15, 0.2) is 42.5 Å². The fraction of sp³-hybridized carbons (Fsp3) is 0.304. The number of rotatable bonds is 6. The number of ether oxygens (including phenoxy) is 1. The van der Waals surface area contributed by atoms with Crippen LogP contribution in [-0.2, 0) is 24.7 Å². The molecule has 0 bridgehead atoms. The van der Waals surface area contributed by atoms with E-state index < -0.39 is 52.0 Å². The van der Waals surface area contributed by atoms with Crippen LogP contribution in [0, 0.1) is 22.0 Å². The highest BCUT2D eigenvalue weighted by Crippen LogP contribution is 2.54. The van der Waals surface area contributed by atoms with Crippen molar-refractivity contribution in [3.8, 4) is 5.75 Å². The Bertz CT molecular complexity index is 1310. The number of non-ortho nitro benzene ring substituents is 1. The van der Waals surface area contributed by atoms with Crippen molar-refractivity contribution in [3.63, 3.8) is 0 Å². The van der Waals surface area contributed by atoms with Crippen molar-refractivity contribution in [2.75, 3.05) is 17.3 Å². The van der Waals surface area contributed by atoms with Gasteiger partial charge in [0.05, 0.1) is 23.9 Å². The number of primary amides is 1. The van der Waals surface area contributed by atoms with Gasteiger partial charge in [-0.2, -0.15) is 0 Å². The highest BCUT2D eigenvalue weighted by Gasteiger charge is 2.70. The number of imide groups is 1. The van der Waals surface area contributed by atoms with E-state index >= 15 is 0 Å². The lowest BCUT2D eigenvalue weighted by Crippen LogP contribution is -2.53. The van der Waals surface area contributed by atoms with E-state index in [9.17, 15) is 29.3 Å². The van der Waals surface area contributed by atoms with Crippen molar-refractivity contribution in [3.05, 3.63) is 58.1 Å². The standard InChI is InChI=1S/C23H21N5O7/c1-35-16-8-6-11(28(33)34)10-15(16)27-20(30)18-14(7-9-17(24)29)26-23(19(18)21(27)31)12-4-2-3-5-13(12)25-22(23)32/h2-6,8,10,14,18-19,26H,7,9H2,1H3,(H2,24,29)(H,25,32)/t14-,18+,19+,23-/m0/s1. The predicted molar refractivity (Wildman–Crippen MR) is 121 cm³/mol. The van der Waals surface area contributed by atoms with Gasteiger partial charge in [0.25, 0.3) is 5.69 Å². The maximum absolute atomic E-state index is 13.9. The molecule has 0 unspecified atom stereocenters. The van der Waals surface area contributed by atoms with E-state index in [2.05, 4.69) is 10.6 Å². The number of hydrogen-bond acceptors (Lipinski definition) is 8. The van der Waals surface area contributed by atoms with Crippen LogP contribution >= 0.6 is 0 Å². The molecule has 2 saturated heterocycles. The van der Waals surface area contributed by atoms with Crippen molar-refractivity contribution >= 4 is 40.7 Å². The number of para-hydroxylation sites is 1. The Morgan fingerprint density at radius 2 is 1.94 bits per heavy atom. The molecule has 4 N–H and O–H groups in total. The molecule has 2 aromatic carbocycles. The average Bonchev–Trinajstić information content (AvgIpc) is 3.41. The molecule has 3 aliphatic rings. The molecule has 12 nitrogen and oxygen atoms in total. The Hall–Kier alpha value is -4.32. The van der Waals surface area contributed by atoms with Gasteiger partial charge in [-0.1, -0.05) is 18.2 Å². The van der Waals surface area contributed by atoms with Gasteiger partial charge in [-0.3, -0.25) is 34.6 Å². The molecule has 1 spiro atoms. The Labute approximate surface area is 198 Å². The Morgan fingerprint density at radius 3 is 2.63 bits per heavy atom. The molecule has 35 heavy (non-hydrogen) atoms. The predicted octanol–water partition coefficient (Wildman–Crippen LogP) is 0.794. The van der Waals surface area contributed by atoms with E-state index in [1.54, 1.807) is 24.3 Å². The molecule has 0 saturated carbocycles. The van der Waals surface area contributed by atoms with Gasteiger partial charge in [0, 0.05) is 35.8 Å². The summed E-state index contributed by atoms with van der Waals surface area (Å²) in [5.74, 6) is -4.50. The number of anilines is 2. The largest absolute Gasteiger partial charge is 0.495 e. The van der Waals surface area contributed by atoms with Crippen molar-refractivity contribution in [2.45, 2.75) is 24.4 Å². The minimum absolute atomic E-state index is 0.0676. The first-order valence-electron chi connectivity index (χ1n) is 10.9. The molecule has 12 heteroatoms.